The highest BCUT2D eigenvalue weighted by molar-refractivity contribution is 7.99. The standard InChI is InChI=1S/C35H30FN7O6S/c1-48-28-14-6-22(7-15-28)30-19-31(23-8-16-29(49-2)17-9-23)42(40-30)33(44)21-50-35-39-38-32(20-37-34(45)24-4-3-5-25(36)18-24)41(35)26-10-12-27(13-11-26)43(46)47/h3-18,31H,19-21H2,1-2H3,(H,37,45)/t31-/m0/s1. The van der Waals surface area contributed by atoms with E-state index in [4.69, 9.17) is 14.6 Å². The zero-order chi connectivity index (χ0) is 35.2. The van der Waals surface area contributed by atoms with E-state index in [1.807, 2.05) is 48.5 Å². The molecule has 0 saturated heterocycles. The van der Waals surface area contributed by atoms with Crippen molar-refractivity contribution in [3.63, 3.8) is 0 Å². The number of nitrogens with zero attached hydrogens (tertiary/aromatic N) is 6. The topological polar surface area (TPSA) is 154 Å². The summed E-state index contributed by atoms with van der Waals surface area (Å²) in [7, 11) is 3.18. The van der Waals surface area contributed by atoms with E-state index in [9.17, 15) is 24.1 Å². The van der Waals surface area contributed by atoms with Gasteiger partial charge in [0.05, 0.1) is 43.2 Å². The van der Waals surface area contributed by atoms with Crippen molar-refractivity contribution in [1.82, 2.24) is 25.1 Å². The highest BCUT2D eigenvalue weighted by atomic mass is 32.2. The summed E-state index contributed by atoms with van der Waals surface area (Å²) in [5.41, 5.74) is 2.95. The average molecular weight is 696 g/mol. The van der Waals surface area contributed by atoms with Crippen LogP contribution >= 0.6 is 11.8 Å². The molecule has 1 aromatic heterocycles. The molecule has 0 bridgehead atoms. The Bertz CT molecular complexity index is 2050. The van der Waals surface area contributed by atoms with Crippen LogP contribution in [0.4, 0.5) is 10.1 Å². The highest BCUT2D eigenvalue weighted by Crippen LogP contribution is 2.35. The van der Waals surface area contributed by atoms with Crippen LogP contribution in [0.1, 0.15) is 39.8 Å². The minimum absolute atomic E-state index is 0.0766. The molecule has 2 heterocycles. The van der Waals surface area contributed by atoms with E-state index in [0.29, 0.717) is 28.8 Å². The fourth-order valence-corrected chi connectivity index (χ4v) is 6.18. The molecule has 0 spiro atoms. The van der Waals surface area contributed by atoms with Crippen molar-refractivity contribution in [2.75, 3.05) is 20.0 Å². The van der Waals surface area contributed by atoms with Crippen molar-refractivity contribution in [3.8, 4) is 17.2 Å². The van der Waals surface area contributed by atoms with Crippen LogP contribution in [0, 0.1) is 15.9 Å². The lowest BCUT2D eigenvalue weighted by Crippen LogP contribution is -2.28. The first-order valence-electron chi connectivity index (χ1n) is 15.3. The molecule has 0 fully saturated rings. The quantitative estimate of drug-likeness (QED) is 0.0979. The summed E-state index contributed by atoms with van der Waals surface area (Å²) in [5.74, 6) is 0.221. The molecule has 5 aromatic rings. The molecule has 13 nitrogen and oxygen atoms in total. The van der Waals surface area contributed by atoms with E-state index >= 15 is 0 Å². The predicted octanol–water partition coefficient (Wildman–Crippen LogP) is 5.73. The number of methoxy groups -OCH3 is 2. The van der Waals surface area contributed by atoms with Crippen LogP contribution in [0.3, 0.4) is 0 Å². The molecule has 6 rings (SSSR count). The number of aromatic nitrogens is 3. The summed E-state index contributed by atoms with van der Waals surface area (Å²) < 4.78 is 25.9. The fourth-order valence-electron chi connectivity index (χ4n) is 5.36. The number of non-ortho nitro benzene ring substituents is 1. The van der Waals surface area contributed by atoms with Crippen LogP contribution in [-0.2, 0) is 11.3 Å². The number of nitrogens with one attached hydrogen (secondary N) is 1. The normalized spacial score (nSPS) is 13.9. The van der Waals surface area contributed by atoms with Crippen molar-refractivity contribution in [1.29, 1.82) is 0 Å². The number of benzene rings is 4. The van der Waals surface area contributed by atoms with Gasteiger partial charge in [-0.15, -0.1) is 10.2 Å². The van der Waals surface area contributed by atoms with E-state index < -0.39 is 16.6 Å². The second-order valence-electron chi connectivity index (χ2n) is 11.0. The maximum atomic E-state index is 13.9. The number of nitro benzene ring substituents is 1. The van der Waals surface area contributed by atoms with Crippen molar-refractivity contribution in [2.45, 2.75) is 24.2 Å². The van der Waals surface area contributed by atoms with Crippen LogP contribution in [-0.4, -0.2) is 62.2 Å². The van der Waals surface area contributed by atoms with Crippen LogP contribution in [0.2, 0.25) is 0 Å². The smallest absolute Gasteiger partial charge is 0.269 e. The first kappa shape index (κ1) is 33.8. The number of thioether (sulfide) groups is 1. The van der Waals surface area contributed by atoms with E-state index in [1.165, 1.54) is 47.5 Å². The van der Waals surface area contributed by atoms with Gasteiger partial charge < -0.3 is 14.8 Å². The first-order valence-corrected chi connectivity index (χ1v) is 16.3. The number of carbonyl (C=O) groups excluding carboxylic acids is 2. The Morgan fingerprint density at radius 1 is 0.960 bits per heavy atom. The lowest BCUT2D eigenvalue weighted by Gasteiger charge is -2.22. The van der Waals surface area contributed by atoms with Crippen LogP contribution in [0.15, 0.2) is 107 Å². The summed E-state index contributed by atoms with van der Waals surface area (Å²) in [5, 5.41) is 29.1. The number of rotatable bonds is 12. The molecule has 0 radical (unpaired) electrons. The van der Waals surface area contributed by atoms with Gasteiger partial charge in [0.2, 0.25) is 0 Å². The molecule has 4 aromatic carbocycles. The third kappa shape index (κ3) is 7.47. The van der Waals surface area contributed by atoms with Crippen LogP contribution in [0.5, 0.6) is 11.5 Å². The molecule has 1 N–H and O–H groups in total. The lowest BCUT2D eigenvalue weighted by atomic mass is 9.98. The van der Waals surface area contributed by atoms with Crippen LogP contribution < -0.4 is 14.8 Å². The number of halogens is 1. The summed E-state index contributed by atoms with van der Waals surface area (Å²) in [6.07, 6.45) is 0.475. The first-order chi connectivity index (χ1) is 24.2. The summed E-state index contributed by atoms with van der Waals surface area (Å²) in [6.45, 7) is -0.102. The molecule has 1 aliphatic rings. The Hall–Kier alpha value is -6.09. The van der Waals surface area contributed by atoms with Crippen molar-refractivity contribution < 1.29 is 28.4 Å². The molecule has 1 aliphatic heterocycles. The van der Waals surface area contributed by atoms with Gasteiger partial charge in [0.1, 0.15) is 17.3 Å². The second-order valence-corrected chi connectivity index (χ2v) is 11.9. The number of amides is 2. The lowest BCUT2D eigenvalue weighted by molar-refractivity contribution is -0.384. The summed E-state index contributed by atoms with van der Waals surface area (Å²) in [4.78, 5) is 37.5. The van der Waals surface area contributed by atoms with E-state index in [2.05, 4.69) is 15.5 Å². The average Bonchev–Trinajstić information content (AvgIpc) is 3.78. The van der Waals surface area contributed by atoms with E-state index in [-0.39, 0.29) is 41.3 Å². The molecule has 0 unspecified atom stereocenters. The minimum atomic E-state index is -0.553. The van der Waals surface area contributed by atoms with Gasteiger partial charge in [-0.3, -0.25) is 24.3 Å². The van der Waals surface area contributed by atoms with Gasteiger partial charge in [-0.2, -0.15) is 5.10 Å². The van der Waals surface area contributed by atoms with Gasteiger partial charge in [-0.1, -0.05) is 30.0 Å². The van der Waals surface area contributed by atoms with Gasteiger partial charge in [0.25, 0.3) is 17.5 Å². The zero-order valence-electron chi connectivity index (χ0n) is 26.9. The fraction of sp³-hybridized carbons (Fsp3) is 0.171. The molecule has 254 valence electrons. The molecule has 2 amide bonds. The Morgan fingerprint density at radius 2 is 1.64 bits per heavy atom. The minimum Gasteiger partial charge on any atom is -0.497 e. The van der Waals surface area contributed by atoms with Gasteiger partial charge in [0, 0.05) is 29.8 Å². The zero-order valence-corrected chi connectivity index (χ0v) is 27.7. The largest absolute Gasteiger partial charge is 0.497 e. The summed E-state index contributed by atoms with van der Waals surface area (Å²) >= 11 is 1.10. The van der Waals surface area contributed by atoms with Gasteiger partial charge in [0.15, 0.2) is 11.0 Å². The maximum absolute atomic E-state index is 13.9. The molecular formula is C35H30FN7O6S. The number of hydrazone groups is 1. The van der Waals surface area contributed by atoms with Crippen molar-refractivity contribution in [2.24, 2.45) is 5.10 Å². The Kier molecular flexibility index (Phi) is 10.1. The number of hydrogen-bond donors (Lipinski definition) is 1. The molecule has 50 heavy (non-hydrogen) atoms. The third-order valence-corrected chi connectivity index (χ3v) is 8.84. The molecular weight excluding hydrogens is 665 g/mol. The van der Waals surface area contributed by atoms with Gasteiger partial charge >= 0.3 is 0 Å². The van der Waals surface area contributed by atoms with E-state index in [0.717, 1.165) is 34.7 Å². The number of carbonyl (C=O) groups is 2. The maximum Gasteiger partial charge on any atom is 0.269 e. The van der Waals surface area contributed by atoms with Gasteiger partial charge in [-0.05, 0) is 77.9 Å². The van der Waals surface area contributed by atoms with Crippen LogP contribution in [0.25, 0.3) is 5.69 Å². The highest BCUT2D eigenvalue weighted by Gasteiger charge is 2.33. The van der Waals surface area contributed by atoms with Gasteiger partial charge in [-0.25, -0.2) is 9.40 Å². The molecule has 15 heteroatoms. The molecule has 1 atom stereocenters. The number of hydrogen-bond acceptors (Lipinski definition) is 10. The third-order valence-electron chi connectivity index (χ3n) is 7.93. The summed E-state index contributed by atoms with van der Waals surface area (Å²) in [6, 6.07) is 25.5. The second kappa shape index (κ2) is 15.0. The Balaban J connectivity index is 1.26. The number of nitro groups is 1. The Morgan fingerprint density at radius 3 is 2.28 bits per heavy atom. The molecule has 0 aliphatic carbocycles. The predicted molar refractivity (Wildman–Crippen MR) is 183 cm³/mol. The van der Waals surface area contributed by atoms with Crippen molar-refractivity contribution >= 4 is 35.0 Å². The monoisotopic (exact) mass is 695 g/mol. The Labute approximate surface area is 289 Å². The molecule has 0 saturated carbocycles. The number of ether oxygens (including phenoxy) is 2. The SMILES string of the molecule is COc1ccc(C2=NN(C(=O)CSc3nnc(CNC(=O)c4cccc(F)c4)n3-c3ccc([N+](=O)[O-])cc3)[C@H](c3ccc(OC)cc3)C2)cc1. The van der Waals surface area contributed by atoms with Crippen molar-refractivity contribution in [3.05, 3.63) is 136 Å². The van der Waals surface area contributed by atoms with E-state index in [1.54, 1.807) is 18.8 Å².